The maximum atomic E-state index is 11.9. The molecule has 1 saturated heterocycles. The molecule has 0 aromatic heterocycles. The van der Waals surface area contributed by atoms with Gasteiger partial charge < -0.3 is 10.6 Å². The van der Waals surface area contributed by atoms with Gasteiger partial charge in [0.15, 0.2) is 0 Å². The molecule has 0 spiro atoms. The van der Waals surface area contributed by atoms with Gasteiger partial charge in [-0.2, -0.15) is 0 Å². The maximum absolute atomic E-state index is 11.9. The van der Waals surface area contributed by atoms with E-state index in [-0.39, 0.29) is 17.2 Å². The van der Waals surface area contributed by atoms with Gasteiger partial charge >= 0.3 is 0 Å². The van der Waals surface area contributed by atoms with Crippen molar-refractivity contribution in [3.05, 3.63) is 0 Å². The van der Waals surface area contributed by atoms with Crippen LogP contribution in [0.15, 0.2) is 0 Å². The van der Waals surface area contributed by atoms with Crippen molar-refractivity contribution in [3.63, 3.8) is 0 Å². The second-order valence-corrected chi connectivity index (χ2v) is 5.80. The van der Waals surface area contributed by atoms with Gasteiger partial charge in [0.05, 0.1) is 0 Å². The van der Waals surface area contributed by atoms with Crippen molar-refractivity contribution in [2.75, 3.05) is 13.1 Å². The van der Waals surface area contributed by atoms with Gasteiger partial charge in [0, 0.05) is 12.0 Å². The van der Waals surface area contributed by atoms with E-state index in [0.717, 1.165) is 19.5 Å². The van der Waals surface area contributed by atoms with Gasteiger partial charge in [0.1, 0.15) is 0 Å². The minimum atomic E-state index is 0.248. The summed E-state index contributed by atoms with van der Waals surface area (Å²) in [6.45, 7) is 8.61. The predicted octanol–water partition coefficient (Wildman–Crippen LogP) is 1.15. The lowest BCUT2D eigenvalue weighted by atomic mass is 10.00. The maximum Gasteiger partial charge on any atom is 0.223 e. The fraction of sp³-hybridized carbons (Fsp3) is 0.917. The Balaban J connectivity index is 1.79. The zero-order valence-electron chi connectivity index (χ0n) is 9.97. The first-order chi connectivity index (χ1) is 7.00. The Morgan fingerprint density at radius 3 is 2.67 bits per heavy atom. The van der Waals surface area contributed by atoms with E-state index in [1.54, 1.807) is 0 Å². The molecule has 0 aromatic rings. The molecule has 1 saturated carbocycles. The van der Waals surface area contributed by atoms with Crippen LogP contribution in [0.2, 0.25) is 0 Å². The van der Waals surface area contributed by atoms with E-state index in [2.05, 4.69) is 31.4 Å². The Hall–Kier alpha value is -0.570. The standard InChI is InChI=1S/C12H22N2O/c1-8(9-4-5-13-7-9)14-11(15)10-6-12(10,2)3/h8-10,13H,4-7H2,1-3H3,(H,14,15). The first-order valence-corrected chi connectivity index (χ1v) is 6.02. The molecule has 2 fully saturated rings. The minimum absolute atomic E-state index is 0.248. The summed E-state index contributed by atoms with van der Waals surface area (Å²) in [5.41, 5.74) is 0.248. The van der Waals surface area contributed by atoms with E-state index in [1.807, 2.05) is 0 Å². The monoisotopic (exact) mass is 210 g/mol. The van der Waals surface area contributed by atoms with Gasteiger partial charge in [0.25, 0.3) is 0 Å². The first-order valence-electron chi connectivity index (χ1n) is 6.02. The molecule has 1 aliphatic heterocycles. The first kappa shape index (κ1) is 10.9. The van der Waals surface area contributed by atoms with Gasteiger partial charge in [0.2, 0.25) is 5.91 Å². The van der Waals surface area contributed by atoms with E-state index in [9.17, 15) is 4.79 Å². The second-order valence-electron chi connectivity index (χ2n) is 5.80. The molecule has 1 heterocycles. The van der Waals surface area contributed by atoms with Crippen LogP contribution in [0.3, 0.4) is 0 Å². The van der Waals surface area contributed by atoms with E-state index in [4.69, 9.17) is 0 Å². The molecule has 3 heteroatoms. The molecule has 0 bridgehead atoms. The predicted molar refractivity (Wildman–Crippen MR) is 60.5 cm³/mol. The molecule has 3 unspecified atom stereocenters. The fourth-order valence-electron chi connectivity index (χ4n) is 2.46. The summed E-state index contributed by atoms with van der Waals surface area (Å²) in [5.74, 6) is 1.14. The summed E-state index contributed by atoms with van der Waals surface area (Å²) in [6.07, 6.45) is 2.24. The van der Waals surface area contributed by atoms with Crippen LogP contribution in [0.25, 0.3) is 0 Å². The van der Waals surface area contributed by atoms with Crippen molar-refractivity contribution >= 4 is 5.91 Å². The number of nitrogens with one attached hydrogen (secondary N) is 2. The second kappa shape index (κ2) is 3.78. The Morgan fingerprint density at radius 1 is 1.53 bits per heavy atom. The third kappa shape index (κ3) is 2.33. The molecule has 0 radical (unpaired) electrons. The highest BCUT2D eigenvalue weighted by atomic mass is 16.2. The summed E-state index contributed by atoms with van der Waals surface area (Å²) in [7, 11) is 0. The summed E-state index contributed by atoms with van der Waals surface area (Å²) >= 11 is 0. The van der Waals surface area contributed by atoms with Crippen LogP contribution in [-0.4, -0.2) is 25.0 Å². The summed E-state index contributed by atoms with van der Waals surface area (Å²) in [6, 6.07) is 0.323. The fourth-order valence-corrected chi connectivity index (χ4v) is 2.46. The minimum Gasteiger partial charge on any atom is -0.353 e. The van der Waals surface area contributed by atoms with Crippen LogP contribution in [0, 0.1) is 17.3 Å². The molecule has 3 atom stereocenters. The van der Waals surface area contributed by atoms with Gasteiger partial charge in [-0.1, -0.05) is 13.8 Å². The average Bonchev–Trinajstić information content (AvgIpc) is 2.66. The van der Waals surface area contributed by atoms with Crippen LogP contribution in [-0.2, 0) is 4.79 Å². The molecule has 1 amide bonds. The Morgan fingerprint density at radius 2 is 2.20 bits per heavy atom. The SMILES string of the molecule is CC(NC(=O)C1CC1(C)C)C1CCNC1. The molecule has 2 aliphatic rings. The number of hydrogen-bond donors (Lipinski definition) is 2. The Labute approximate surface area is 92.0 Å². The van der Waals surface area contributed by atoms with Crippen molar-refractivity contribution in [2.24, 2.45) is 17.3 Å². The van der Waals surface area contributed by atoms with Gasteiger partial charge in [-0.15, -0.1) is 0 Å². The highest BCUT2D eigenvalue weighted by Gasteiger charge is 2.50. The van der Waals surface area contributed by atoms with Crippen molar-refractivity contribution in [1.29, 1.82) is 0 Å². The molecule has 15 heavy (non-hydrogen) atoms. The van der Waals surface area contributed by atoms with Gasteiger partial charge in [-0.3, -0.25) is 4.79 Å². The normalized spacial score (nSPS) is 34.9. The van der Waals surface area contributed by atoms with Crippen LogP contribution < -0.4 is 10.6 Å². The quantitative estimate of drug-likeness (QED) is 0.733. The number of amides is 1. The Kier molecular flexibility index (Phi) is 2.75. The lowest BCUT2D eigenvalue weighted by molar-refractivity contribution is -0.123. The number of carbonyl (C=O) groups excluding carboxylic acids is 1. The zero-order valence-corrected chi connectivity index (χ0v) is 9.97. The molecule has 1 aliphatic carbocycles. The Bertz CT molecular complexity index is 256. The summed E-state index contributed by atoms with van der Waals surface area (Å²) < 4.78 is 0. The summed E-state index contributed by atoms with van der Waals surface area (Å²) in [5, 5.41) is 6.50. The van der Waals surface area contributed by atoms with E-state index in [1.165, 1.54) is 6.42 Å². The van der Waals surface area contributed by atoms with E-state index in [0.29, 0.717) is 12.0 Å². The van der Waals surface area contributed by atoms with Crippen molar-refractivity contribution < 1.29 is 4.79 Å². The topological polar surface area (TPSA) is 41.1 Å². The van der Waals surface area contributed by atoms with Crippen molar-refractivity contribution in [3.8, 4) is 0 Å². The van der Waals surface area contributed by atoms with E-state index < -0.39 is 0 Å². The van der Waals surface area contributed by atoms with Crippen LogP contribution >= 0.6 is 0 Å². The highest BCUT2D eigenvalue weighted by Crippen LogP contribution is 2.51. The van der Waals surface area contributed by atoms with Crippen LogP contribution in [0.4, 0.5) is 0 Å². The van der Waals surface area contributed by atoms with E-state index >= 15 is 0 Å². The lowest BCUT2D eigenvalue weighted by Crippen LogP contribution is -2.40. The smallest absolute Gasteiger partial charge is 0.223 e. The molecular formula is C12H22N2O. The number of carbonyl (C=O) groups is 1. The third-order valence-corrected chi connectivity index (χ3v) is 4.01. The molecule has 86 valence electrons. The summed E-state index contributed by atoms with van der Waals surface area (Å²) in [4.78, 5) is 11.9. The number of hydrogen-bond acceptors (Lipinski definition) is 2. The van der Waals surface area contributed by atoms with Crippen molar-refractivity contribution in [1.82, 2.24) is 10.6 Å². The molecule has 3 nitrogen and oxygen atoms in total. The lowest BCUT2D eigenvalue weighted by Gasteiger charge is -2.20. The third-order valence-electron chi connectivity index (χ3n) is 4.01. The zero-order chi connectivity index (χ0) is 11.1. The largest absolute Gasteiger partial charge is 0.353 e. The number of rotatable bonds is 3. The molecular weight excluding hydrogens is 188 g/mol. The molecule has 2 N–H and O–H groups in total. The van der Waals surface area contributed by atoms with Gasteiger partial charge in [-0.25, -0.2) is 0 Å². The van der Waals surface area contributed by atoms with Crippen LogP contribution in [0.1, 0.15) is 33.6 Å². The van der Waals surface area contributed by atoms with Crippen LogP contribution in [0.5, 0.6) is 0 Å². The van der Waals surface area contributed by atoms with Crippen molar-refractivity contribution in [2.45, 2.75) is 39.7 Å². The molecule has 0 aromatic carbocycles. The molecule has 2 rings (SSSR count). The highest BCUT2D eigenvalue weighted by molar-refractivity contribution is 5.82. The van der Waals surface area contributed by atoms with Gasteiger partial charge in [-0.05, 0) is 44.2 Å². The average molecular weight is 210 g/mol.